The molecule has 80 valence electrons. The fraction of sp³-hybridized carbons (Fsp3) is 1.00. The topological polar surface area (TPSA) is 9.23 Å². The molecule has 0 heterocycles. The summed E-state index contributed by atoms with van der Waals surface area (Å²) in [5.74, 6) is 0. The third-order valence-corrected chi connectivity index (χ3v) is 2.12. The van der Waals surface area contributed by atoms with Crippen molar-refractivity contribution in [3.63, 3.8) is 0 Å². The summed E-state index contributed by atoms with van der Waals surface area (Å²) < 4.78 is 5.37. The number of hydrogen-bond acceptors (Lipinski definition) is 1. The van der Waals surface area contributed by atoms with Crippen LogP contribution in [0.15, 0.2) is 0 Å². The third-order valence-electron chi connectivity index (χ3n) is 1.99. The molecule has 0 aromatic carbocycles. The molecule has 0 aromatic heterocycles. The lowest BCUT2D eigenvalue weighted by Gasteiger charge is -2.04. The Hall–Kier alpha value is 0.250. The van der Waals surface area contributed by atoms with Crippen LogP contribution in [0.25, 0.3) is 0 Å². The zero-order valence-corrected chi connectivity index (χ0v) is 9.78. The molecule has 2 heteroatoms. The van der Waals surface area contributed by atoms with Gasteiger partial charge in [0, 0.05) is 6.61 Å². The molecule has 1 nitrogen and oxygen atoms in total. The molecule has 13 heavy (non-hydrogen) atoms. The van der Waals surface area contributed by atoms with E-state index in [1.54, 1.807) is 0 Å². The van der Waals surface area contributed by atoms with Crippen molar-refractivity contribution in [3.8, 4) is 0 Å². The Balaban J connectivity index is 2.84. The summed E-state index contributed by atoms with van der Waals surface area (Å²) in [5, 5.41) is 0.153. The summed E-state index contributed by atoms with van der Waals surface area (Å²) in [7, 11) is 0. The van der Waals surface area contributed by atoms with Gasteiger partial charge >= 0.3 is 0 Å². The van der Waals surface area contributed by atoms with Gasteiger partial charge in [-0.25, -0.2) is 0 Å². The number of rotatable bonds is 9. The van der Waals surface area contributed by atoms with Crippen LogP contribution in [-0.4, -0.2) is 18.6 Å². The zero-order valence-electron chi connectivity index (χ0n) is 9.02. The number of alkyl halides is 1. The highest BCUT2D eigenvalue weighted by atomic mass is 35.5. The Bertz CT molecular complexity index is 94.1. The number of halogens is 1. The molecule has 0 saturated heterocycles. The maximum absolute atomic E-state index is 5.73. The third kappa shape index (κ3) is 12.2. The van der Waals surface area contributed by atoms with Gasteiger partial charge in [-0.3, -0.25) is 0 Å². The lowest BCUT2D eigenvalue weighted by Crippen LogP contribution is -2.05. The molecule has 0 aliphatic rings. The fourth-order valence-electron chi connectivity index (χ4n) is 1.23. The van der Waals surface area contributed by atoms with E-state index >= 15 is 0 Å². The molecule has 0 aliphatic carbocycles. The molecule has 0 fully saturated rings. The lowest BCUT2D eigenvalue weighted by atomic mass is 10.1. The number of ether oxygens (including phenoxy) is 1. The van der Waals surface area contributed by atoms with Gasteiger partial charge in [0.15, 0.2) is 0 Å². The minimum Gasteiger partial charge on any atom is -0.380 e. The van der Waals surface area contributed by atoms with Crippen molar-refractivity contribution >= 4 is 11.6 Å². The predicted octanol–water partition coefficient (Wildman–Crippen LogP) is 3.99. The molecule has 0 N–H and O–H groups in total. The SMILES string of the molecule is CCCCCCCCOCC(C)Cl. The van der Waals surface area contributed by atoms with Crippen LogP contribution in [0.3, 0.4) is 0 Å². The van der Waals surface area contributed by atoms with E-state index in [0.717, 1.165) is 6.61 Å². The second kappa shape index (κ2) is 10.3. The van der Waals surface area contributed by atoms with Gasteiger partial charge in [0.05, 0.1) is 12.0 Å². The van der Waals surface area contributed by atoms with Crippen LogP contribution >= 0.6 is 11.6 Å². The highest BCUT2D eigenvalue weighted by Crippen LogP contribution is 2.05. The Morgan fingerprint density at radius 3 is 2.31 bits per heavy atom. The van der Waals surface area contributed by atoms with Gasteiger partial charge in [0.2, 0.25) is 0 Å². The highest BCUT2D eigenvalue weighted by Gasteiger charge is 1.95. The van der Waals surface area contributed by atoms with Gasteiger partial charge in [-0.2, -0.15) is 0 Å². The van der Waals surface area contributed by atoms with Gasteiger partial charge in [-0.15, -0.1) is 11.6 Å². The zero-order chi connectivity index (χ0) is 9.94. The fourth-order valence-corrected chi connectivity index (χ4v) is 1.32. The van der Waals surface area contributed by atoms with E-state index in [9.17, 15) is 0 Å². The van der Waals surface area contributed by atoms with E-state index in [4.69, 9.17) is 16.3 Å². The van der Waals surface area contributed by atoms with Crippen molar-refractivity contribution in [1.29, 1.82) is 0 Å². The van der Waals surface area contributed by atoms with Gasteiger partial charge in [-0.05, 0) is 13.3 Å². The molecule has 0 amide bonds. The molecule has 0 rings (SSSR count). The normalized spacial score (nSPS) is 13.2. The number of hydrogen-bond donors (Lipinski definition) is 0. The predicted molar refractivity (Wildman–Crippen MR) is 59.5 cm³/mol. The molecule has 0 aliphatic heterocycles. The largest absolute Gasteiger partial charge is 0.380 e. The summed E-state index contributed by atoms with van der Waals surface area (Å²) in [6.45, 7) is 5.77. The van der Waals surface area contributed by atoms with Crippen molar-refractivity contribution in [2.24, 2.45) is 0 Å². The molecule has 1 atom stereocenters. The summed E-state index contributed by atoms with van der Waals surface area (Å²) >= 11 is 5.73. The Labute approximate surface area is 87.8 Å². The van der Waals surface area contributed by atoms with Crippen molar-refractivity contribution in [3.05, 3.63) is 0 Å². The number of unbranched alkanes of at least 4 members (excludes halogenated alkanes) is 5. The first-order valence-electron chi connectivity index (χ1n) is 5.49. The van der Waals surface area contributed by atoms with Crippen molar-refractivity contribution in [2.75, 3.05) is 13.2 Å². The summed E-state index contributed by atoms with van der Waals surface area (Å²) in [6.07, 6.45) is 7.92. The quantitative estimate of drug-likeness (QED) is 0.410. The molecule has 0 bridgehead atoms. The smallest absolute Gasteiger partial charge is 0.0627 e. The van der Waals surface area contributed by atoms with E-state index in [2.05, 4.69) is 6.92 Å². The molecule has 0 saturated carbocycles. The van der Waals surface area contributed by atoms with Crippen molar-refractivity contribution in [2.45, 2.75) is 57.7 Å². The van der Waals surface area contributed by atoms with Gasteiger partial charge in [0.1, 0.15) is 0 Å². The maximum Gasteiger partial charge on any atom is 0.0627 e. The summed E-state index contributed by atoms with van der Waals surface area (Å²) in [6, 6.07) is 0. The average Bonchev–Trinajstić information content (AvgIpc) is 2.09. The minimum atomic E-state index is 0.153. The van der Waals surface area contributed by atoms with Crippen LogP contribution in [0.4, 0.5) is 0 Å². The van der Waals surface area contributed by atoms with Crippen LogP contribution < -0.4 is 0 Å². The molecule has 1 unspecified atom stereocenters. The van der Waals surface area contributed by atoms with E-state index in [1.165, 1.54) is 38.5 Å². The highest BCUT2D eigenvalue weighted by molar-refractivity contribution is 6.20. The Morgan fingerprint density at radius 2 is 1.69 bits per heavy atom. The van der Waals surface area contributed by atoms with Crippen LogP contribution in [0.2, 0.25) is 0 Å². The first kappa shape index (κ1) is 13.2. The summed E-state index contributed by atoms with van der Waals surface area (Å²) in [4.78, 5) is 0. The standard InChI is InChI=1S/C11H23ClO/c1-3-4-5-6-7-8-9-13-10-11(2)12/h11H,3-10H2,1-2H3. The van der Waals surface area contributed by atoms with Gasteiger partial charge in [-0.1, -0.05) is 39.0 Å². The van der Waals surface area contributed by atoms with Crippen molar-refractivity contribution in [1.82, 2.24) is 0 Å². The maximum atomic E-state index is 5.73. The average molecular weight is 207 g/mol. The Morgan fingerprint density at radius 1 is 1.08 bits per heavy atom. The minimum absolute atomic E-state index is 0.153. The molecular formula is C11H23ClO. The van der Waals surface area contributed by atoms with E-state index in [1.807, 2.05) is 6.92 Å². The molecule has 0 spiro atoms. The van der Waals surface area contributed by atoms with Gasteiger partial charge < -0.3 is 4.74 Å². The first-order valence-corrected chi connectivity index (χ1v) is 5.92. The van der Waals surface area contributed by atoms with Crippen LogP contribution in [0.5, 0.6) is 0 Å². The molecular weight excluding hydrogens is 184 g/mol. The van der Waals surface area contributed by atoms with E-state index < -0.39 is 0 Å². The lowest BCUT2D eigenvalue weighted by molar-refractivity contribution is 0.132. The second-order valence-corrected chi connectivity index (χ2v) is 4.37. The van der Waals surface area contributed by atoms with E-state index in [0.29, 0.717) is 6.61 Å². The Kier molecular flexibility index (Phi) is 10.5. The van der Waals surface area contributed by atoms with Crippen LogP contribution in [0.1, 0.15) is 52.4 Å². The van der Waals surface area contributed by atoms with Gasteiger partial charge in [0.25, 0.3) is 0 Å². The van der Waals surface area contributed by atoms with Crippen LogP contribution in [0, 0.1) is 0 Å². The monoisotopic (exact) mass is 206 g/mol. The van der Waals surface area contributed by atoms with Crippen LogP contribution in [-0.2, 0) is 4.74 Å². The molecule has 0 radical (unpaired) electrons. The van der Waals surface area contributed by atoms with Crippen molar-refractivity contribution < 1.29 is 4.74 Å². The first-order chi connectivity index (χ1) is 6.27. The molecule has 0 aromatic rings. The van der Waals surface area contributed by atoms with E-state index in [-0.39, 0.29) is 5.38 Å². The summed E-state index contributed by atoms with van der Waals surface area (Å²) in [5.41, 5.74) is 0. The second-order valence-electron chi connectivity index (χ2n) is 3.62.